The highest BCUT2D eigenvalue weighted by Gasteiger charge is 2.04. The number of rotatable bonds is 5. The molecule has 0 aromatic heterocycles. The maximum atomic E-state index is 6.16. The summed E-state index contributed by atoms with van der Waals surface area (Å²) in [4.78, 5) is 0. The van der Waals surface area contributed by atoms with Crippen molar-refractivity contribution in [2.45, 2.75) is 25.3 Å². The lowest BCUT2D eigenvalue weighted by Gasteiger charge is -2.11. The summed E-state index contributed by atoms with van der Waals surface area (Å²) in [6, 6.07) is 18.4. The second-order valence-corrected chi connectivity index (χ2v) is 4.97. The first kappa shape index (κ1) is 13.1. The van der Waals surface area contributed by atoms with Gasteiger partial charge in [0.05, 0.1) is 0 Å². The van der Waals surface area contributed by atoms with Crippen LogP contribution in [0.5, 0.6) is 0 Å². The van der Waals surface area contributed by atoms with Gasteiger partial charge in [-0.1, -0.05) is 54.1 Å². The molecule has 0 saturated heterocycles. The molecular formula is C16H18ClN. The Bertz CT molecular complexity index is 464. The number of hydrogen-bond donors (Lipinski definition) is 1. The predicted molar refractivity (Wildman–Crippen MR) is 77.8 cm³/mol. The summed E-state index contributed by atoms with van der Waals surface area (Å²) in [6.45, 7) is 0. The molecule has 0 aliphatic carbocycles. The lowest BCUT2D eigenvalue weighted by Crippen LogP contribution is -2.10. The number of nitrogens with two attached hydrogens (primary N) is 1. The number of hydrogen-bond acceptors (Lipinski definition) is 1. The first-order valence-corrected chi connectivity index (χ1v) is 6.68. The summed E-state index contributed by atoms with van der Waals surface area (Å²) in [6.07, 6.45) is 3.15. The van der Waals surface area contributed by atoms with Crippen molar-refractivity contribution < 1.29 is 0 Å². The Hall–Kier alpha value is -1.31. The van der Waals surface area contributed by atoms with Crippen LogP contribution in [0.2, 0.25) is 5.02 Å². The average Bonchev–Trinajstić information content (AvgIpc) is 2.42. The molecule has 94 valence electrons. The Kier molecular flexibility index (Phi) is 4.80. The molecule has 0 aliphatic rings. The van der Waals surface area contributed by atoms with Gasteiger partial charge in [0.1, 0.15) is 0 Å². The first-order chi connectivity index (χ1) is 8.75. The maximum Gasteiger partial charge on any atom is 0.0406 e. The van der Waals surface area contributed by atoms with E-state index < -0.39 is 0 Å². The van der Waals surface area contributed by atoms with E-state index in [9.17, 15) is 0 Å². The summed E-state index contributed by atoms with van der Waals surface area (Å²) in [5.74, 6) is 0. The lowest BCUT2D eigenvalue weighted by atomic mass is 10.00. The molecule has 0 spiro atoms. The van der Waals surface area contributed by atoms with Gasteiger partial charge in [-0.15, -0.1) is 0 Å². The zero-order valence-electron chi connectivity index (χ0n) is 10.4. The Morgan fingerprint density at radius 2 is 1.61 bits per heavy atom. The fraction of sp³-hybridized carbons (Fsp3) is 0.250. The Labute approximate surface area is 114 Å². The first-order valence-electron chi connectivity index (χ1n) is 6.30. The van der Waals surface area contributed by atoms with Crippen LogP contribution in [0.4, 0.5) is 0 Å². The van der Waals surface area contributed by atoms with Crippen LogP contribution in [0.1, 0.15) is 30.0 Å². The van der Waals surface area contributed by atoms with Crippen LogP contribution < -0.4 is 5.73 Å². The standard InChI is InChI=1S/C16H18ClN/c17-15-11-9-13(10-12-15)5-4-8-16(18)14-6-2-1-3-7-14/h1-3,6-7,9-12,16H,4-5,8,18H2. The second-order valence-electron chi connectivity index (χ2n) is 4.54. The Morgan fingerprint density at radius 1 is 0.944 bits per heavy atom. The zero-order chi connectivity index (χ0) is 12.8. The molecule has 2 N–H and O–H groups in total. The molecule has 1 atom stereocenters. The molecule has 0 aliphatic heterocycles. The van der Waals surface area contributed by atoms with Gasteiger partial charge in [-0.25, -0.2) is 0 Å². The molecule has 2 aromatic rings. The smallest absolute Gasteiger partial charge is 0.0406 e. The SMILES string of the molecule is NC(CCCc1ccc(Cl)cc1)c1ccccc1. The van der Waals surface area contributed by atoms with Gasteiger partial charge in [0, 0.05) is 11.1 Å². The van der Waals surface area contributed by atoms with E-state index in [4.69, 9.17) is 17.3 Å². The molecule has 0 radical (unpaired) electrons. The predicted octanol–water partition coefficient (Wildman–Crippen LogP) is 4.36. The van der Waals surface area contributed by atoms with Gasteiger partial charge < -0.3 is 5.73 Å². The molecule has 2 rings (SSSR count). The highest BCUT2D eigenvalue weighted by Crippen LogP contribution is 2.17. The van der Waals surface area contributed by atoms with E-state index in [0.717, 1.165) is 24.3 Å². The summed E-state index contributed by atoms with van der Waals surface area (Å²) >= 11 is 5.86. The van der Waals surface area contributed by atoms with E-state index >= 15 is 0 Å². The van der Waals surface area contributed by atoms with Crippen LogP contribution >= 0.6 is 11.6 Å². The summed E-state index contributed by atoms with van der Waals surface area (Å²) in [5, 5.41) is 0.791. The van der Waals surface area contributed by atoms with Crippen LogP contribution in [0.3, 0.4) is 0 Å². The van der Waals surface area contributed by atoms with Crippen molar-refractivity contribution in [2.24, 2.45) is 5.73 Å². The third-order valence-corrected chi connectivity index (χ3v) is 3.37. The topological polar surface area (TPSA) is 26.0 Å². The highest BCUT2D eigenvalue weighted by atomic mass is 35.5. The van der Waals surface area contributed by atoms with Crippen LogP contribution in [-0.4, -0.2) is 0 Å². The maximum absolute atomic E-state index is 6.16. The second kappa shape index (κ2) is 6.58. The van der Waals surface area contributed by atoms with Crippen LogP contribution in [0.15, 0.2) is 54.6 Å². The number of halogens is 1. The van der Waals surface area contributed by atoms with Crippen molar-refractivity contribution in [3.8, 4) is 0 Å². The Morgan fingerprint density at radius 3 is 2.28 bits per heavy atom. The van der Waals surface area contributed by atoms with Gasteiger partial charge in [0.15, 0.2) is 0 Å². The molecule has 0 saturated carbocycles. The van der Waals surface area contributed by atoms with E-state index in [0.29, 0.717) is 0 Å². The number of benzene rings is 2. The third kappa shape index (κ3) is 3.86. The van der Waals surface area contributed by atoms with Crippen LogP contribution in [0.25, 0.3) is 0 Å². The van der Waals surface area contributed by atoms with Crippen molar-refractivity contribution >= 4 is 11.6 Å². The van der Waals surface area contributed by atoms with Crippen molar-refractivity contribution in [3.63, 3.8) is 0 Å². The minimum atomic E-state index is 0.138. The van der Waals surface area contributed by atoms with E-state index in [-0.39, 0.29) is 6.04 Å². The molecule has 0 heterocycles. The molecule has 0 bridgehead atoms. The highest BCUT2D eigenvalue weighted by molar-refractivity contribution is 6.30. The van der Waals surface area contributed by atoms with Gasteiger partial charge in [0.25, 0.3) is 0 Å². The molecule has 1 unspecified atom stereocenters. The van der Waals surface area contributed by atoms with E-state index in [1.54, 1.807) is 0 Å². The van der Waals surface area contributed by atoms with Crippen molar-refractivity contribution in [2.75, 3.05) is 0 Å². The van der Waals surface area contributed by atoms with Crippen molar-refractivity contribution in [1.82, 2.24) is 0 Å². The summed E-state index contributed by atoms with van der Waals surface area (Å²) in [5.41, 5.74) is 8.70. The molecule has 0 fully saturated rings. The fourth-order valence-corrected chi connectivity index (χ4v) is 2.17. The third-order valence-electron chi connectivity index (χ3n) is 3.12. The van der Waals surface area contributed by atoms with Crippen LogP contribution in [-0.2, 0) is 6.42 Å². The molecular weight excluding hydrogens is 242 g/mol. The van der Waals surface area contributed by atoms with Crippen molar-refractivity contribution in [3.05, 3.63) is 70.7 Å². The monoisotopic (exact) mass is 259 g/mol. The van der Waals surface area contributed by atoms with Gasteiger partial charge in [0.2, 0.25) is 0 Å². The average molecular weight is 260 g/mol. The summed E-state index contributed by atoms with van der Waals surface area (Å²) in [7, 11) is 0. The van der Waals surface area contributed by atoms with Gasteiger partial charge in [-0.05, 0) is 42.5 Å². The van der Waals surface area contributed by atoms with Gasteiger partial charge >= 0.3 is 0 Å². The summed E-state index contributed by atoms with van der Waals surface area (Å²) < 4.78 is 0. The normalized spacial score (nSPS) is 12.3. The lowest BCUT2D eigenvalue weighted by molar-refractivity contribution is 0.611. The minimum absolute atomic E-state index is 0.138. The zero-order valence-corrected chi connectivity index (χ0v) is 11.1. The quantitative estimate of drug-likeness (QED) is 0.848. The van der Waals surface area contributed by atoms with E-state index in [2.05, 4.69) is 24.3 Å². The van der Waals surface area contributed by atoms with Gasteiger partial charge in [-0.3, -0.25) is 0 Å². The molecule has 1 nitrogen and oxygen atoms in total. The fourth-order valence-electron chi connectivity index (χ4n) is 2.04. The van der Waals surface area contributed by atoms with Gasteiger partial charge in [-0.2, -0.15) is 0 Å². The molecule has 18 heavy (non-hydrogen) atoms. The van der Waals surface area contributed by atoms with E-state index in [1.807, 2.05) is 30.3 Å². The van der Waals surface area contributed by atoms with Crippen molar-refractivity contribution in [1.29, 1.82) is 0 Å². The van der Waals surface area contributed by atoms with Crippen LogP contribution in [0, 0.1) is 0 Å². The van der Waals surface area contributed by atoms with E-state index in [1.165, 1.54) is 11.1 Å². The Balaban J connectivity index is 1.80. The molecule has 2 aromatic carbocycles. The molecule has 2 heteroatoms. The largest absolute Gasteiger partial charge is 0.324 e. The number of aryl methyl sites for hydroxylation is 1. The minimum Gasteiger partial charge on any atom is -0.324 e. The molecule has 0 amide bonds.